The molecule has 110 valence electrons. The highest BCUT2D eigenvalue weighted by Crippen LogP contribution is 2.21. The fourth-order valence-corrected chi connectivity index (χ4v) is 2.98. The van der Waals surface area contributed by atoms with Crippen molar-refractivity contribution in [2.24, 2.45) is 0 Å². The van der Waals surface area contributed by atoms with Crippen molar-refractivity contribution >= 4 is 42.1 Å². The molecule has 2 heterocycles. The molecule has 0 radical (unpaired) electrons. The highest BCUT2D eigenvalue weighted by atomic mass is 35.5. The topological polar surface area (TPSA) is 54.0 Å². The van der Waals surface area contributed by atoms with E-state index in [0.717, 1.165) is 36.5 Å². The molecular formula is C12H21Cl2N3OS. The van der Waals surface area contributed by atoms with Gasteiger partial charge in [0.25, 0.3) is 0 Å². The summed E-state index contributed by atoms with van der Waals surface area (Å²) < 4.78 is 0. The Kier molecular flexibility index (Phi) is 8.57. The number of hydrogen-bond acceptors (Lipinski definition) is 4. The van der Waals surface area contributed by atoms with Crippen LogP contribution in [0, 0.1) is 6.92 Å². The summed E-state index contributed by atoms with van der Waals surface area (Å²) >= 11 is 1.62. The number of nitrogens with one attached hydrogen (secondary N) is 2. The maximum absolute atomic E-state index is 12.0. The van der Waals surface area contributed by atoms with Crippen molar-refractivity contribution in [3.63, 3.8) is 0 Å². The molecule has 0 spiro atoms. The summed E-state index contributed by atoms with van der Waals surface area (Å²) in [5, 5.41) is 9.33. The second kappa shape index (κ2) is 8.74. The first kappa shape index (κ1) is 18.6. The summed E-state index contributed by atoms with van der Waals surface area (Å²) in [5.74, 6) is 0.113. The second-order valence-electron chi connectivity index (χ2n) is 4.45. The second-order valence-corrected chi connectivity index (χ2v) is 5.34. The Morgan fingerprint density at radius 2 is 2.37 bits per heavy atom. The maximum Gasteiger partial charge on any atom is 0.237 e. The zero-order valence-electron chi connectivity index (χ0n) is 11.1. The number of carbonyl (C=O) groups is 1. The molecule has 1 aliphatic heterocycles. The van der Waals surface area contributed by atoms with Gasteiger partial charge in [0.1, 0.15) is 5.01 Å². The van der Waals surface area contributed by atoms with Crippen molar-refractivity contribution in [1.82, 2.24) is 15.6 Å². The molecule has 1 aliphatic rings. The third kappa shape index (κ3) is 4.91. The first-order chi connectivity index (χ1) is 8.20. The maximum atomic E-state index is 12.0. The van der Waals surface area contributed by atoms with Gasteiger partial charge in [-0.2, -0.15) is 0 Å². The highest BCUT2D eigenvalue weighted by Gasteiger charge is 2.25. The van der Waals surface area contributed by atoms with Crippen LogP contribution >= 0.6 is 36.2 Å². The van der Waals surface area contributed by atoms with E-state index in [-0.39, 0.29) is 42.8 Å². The third-order valence-corrected chi connectivity index (χ3v) is 4.11. The van der Waals surface area contributed by atoms with Crippen LogP contribution in [0.1, 0.15) is 42.9 Å². The predicted octanol–water partition coefficient (Wildman–Crippen LogP) is 2.61. The van der Waals surface area contributed by atoms with Crippen molar-refractivity contribution in [1.29, 1.82) is 0 Å². The lowest BCUT2D eigenvalue weighted by Gasteiger charge is -2.17. The molecule has 0 saturated carbocycles. The summed E-state index contributed by atoms with van der Waals surface area (Å²) in [6, 6.07) is 0.0497. The normalized spacial score (nSPS) is 19.2. The van der Waals surface area contributed by atoms with Gasteiger partial charge in [0, 0.05) is 11.1 Å². The molecular weight excluding hydrogens is 305 g/mol. The summed E-state index contributed by atoms with van der Waals surface area (Å²) in [6.45, 7) is 5.00. The number of aryl methyl sites for hydroxylation is 1. The molecule has 7 heteroatoms. The van der Waals surface area contributed by atoms with Crippen molar-refractivity contribution in [2.45, 2.75) is 45.2 Å². The van der Waals surface area contributed by atoms with Gasteiger partial charge in [-0.25, -0.2) is 4.98 Å². The number of nitrogens with zero attached hydrogens (tertiary/aromatic N) is 1. The van der Waals surface area contributed by atoms with Gasteiger partial charge in [0.05, 0.1) is 12.1 Å². The van der Waals surface area contributed by atoms with Gasteiger partial charge in [-0.3, -0.25) is 4.79 Å². The average Bonchev–Trinajstić information content (AvgIpc) is 2.96. The van der Waals surface area contributed by atoms with Crippen LogP contribution in [0.2, 0.25) is 0 Å². The molecule has 2 unspecified atom stereocenters. The smallest absolute Gasteiger partial charge is 0.237 e. The Morgan fingerprint density at radius 3 is 2.84 bits per heavy atom. The van der Waals surface area contributed by atoms with E-state index in [1.54, 1.807) is 11.3 Å². The highest BCUT2D eigenvalue weighted by molar-refractivity contribution is 7.09. The van der Waals surface area contributed by atoms with Gasteiger partial charge < -0.3 is 10.6 Å². The molecule has 1 saturated heterocycles. The number of rotatable bonds is 4. The zero-order chi connectivity index (χ0) is 12.3. The van der Waals surface area contributed by atoms with Crippen LogP contribution in [0.25, 0.3) is 0 Å². The average molecular weight is 326 g/mol. The van der Waals surface area contributed by atoms with Gasteiger partial charge in [0.15, 0.2) is 0 Å². The lowest BCUT2D eigenvalue weighted by molar-refractivity contribution is -0.123. The van der Waals surface area contributed by atoms with Crippen LogP contribution < -0.4 is 10.6 Å². The molecule has 1 amide bonds. The Morgan fingerprint density at radius 1 is 1.63 bits per heavy atom. The fourth-order valence-electron chi connectivity index (χ4n) is 2.05. The van der Waals surface area contributed by atoms with Crippen molar-refractivity contribution in [3.8, 4) is 0 Å². The fraction of sp³-hybridized carbons (Fsp3) is 0.667. The van der Waals surface area contributed by atoms with Crippen molar-refractivity contribution < 1.29 is 4.79 Å². The van der Waals surface area contributed by atoms with Gasteiger partial charge in [-0.1, -0.05) is 6.92 Å². The molecule has 4 nitrogen and oxygen atoms in total. The zero-order valence-corrected chi connectivity index (χ0v) is 13.6. The Balaban J connectivity index is 0.00000162. The molecule has 0 aromatic carbocycles. The first-order valence-electron chi connectivity index (χ1n) is 6.16. The van der Waals surface area contributed by atoms with Gasteiger partial charge in [-0.15, -0.1) is 36.2 Å². The molecule has 2 atom stereocenters. The molecule has 1 aromatic heterocycles. The van der Waals surface area contributed by atoms with Crippen molar-refractivity contribution in [2.75, 3.05) is 6.54 Å². The lowest BCUT2D eigenvalue weighted by atomic mass is 10.2. The largest absolute Gasteiger partial charge is 0.346 e. The predicted molar refractivity (Wildman–Crippen MR) is 83.5 cm³/mol. The lowest BCUT2D eigenvalue weighted by Crippen LogP contribution is -2.41. The molecule has 2 N–H and O–H groups in total. The number of thiazole rings is 1. The van der Waals surface area contributed by atoms with Crippen LogP contribution in [0.15, 0.2) is 5.38 Å². The molecule has 2 rings (SSSR count). The molecule has 0 aliphatic carbocycles. The minimum atomic E-state index is -0.00916. The Labute approximate surface area is 130 Å². The standard InChI is InChI=1S/C12H19N3OS.2ClH/c1-3-9(12-14-8(2)7-17-12)15-11(16)10-5-4-6-13-10;;/h7,9-10,13H,3-6H2,1-2H3,(H,15,16);2*1H. The molecule has 19 heavy (non-hydrogen) atoms. The van der Waals surface area contributed by atoms with E-state index in [1.807, 2.05) is 12.3 Å². The first-order valence-corrected chi connectivity index (χ1v) is 7.04. The quantitative estimate of drug-likeness (QED) is 0.894. The Hall–Kier alpha value is -0.360. The van der Waals surface area contributed by atoms with E-state index < -0.39 is 0 Å². The van der Waals surface area contributed by atoms with Gasteiger partial charge >= 0.3 is 0 Å². The number of halogens is 2. The third-order valence-electron chi connectivity index (χ3n) is 3.04. The van der Waals surface area contributed by atoms with E-state index in [1.165, 1.54) is 0 Å². The summed E-state index contributed by atoms with van der Waals surface area (Å²) in [4.78, 5) is 16.4. The van der Waals surface area contributed by atoms with E-state index in [9.17, 15) is 4.79 Å². The van der Waals surface area contributed by atoms with E-state index in [0.29, 0.717) is 0 Å². The Bertz CT molecular complexity index is 394. The van der Waals surface area contributed by atoms with Crippen LogP contribution in [0.4, 0.5) is 0 Å². The molecule has 0 bridgehead atoms. The monoisotopic (exact) mass is 325 g/mol. The minimum Gasteiger partial charge on any atom is -0.346 e. The number of amides is 1. The van der Waals surface area contributed by atoms with Crippen LogP contribution in [0.5, 0.6) is 0 Å². The van der Waals surface area contributed by atoms with E-state index >= 15 is 0 Å². The summed E-state index contributed by atoms with van der Waals surface area (Å²) in [7, 11) is 0. The molecule has 1 fully saturated rings. The van der Waals surface area contributed by atoms with Gasteiger partial charge in [0.2, 0.25) is 5.91 Å². The molecule has 1 aromatic rings. The van der Waals surface area contributed by atoms with E-state index in [4.69, 9.17) is 0 Å². The van der Waals surface area contributed by atoms with Crippen LogP contribution in [-0.2, 0) is 4.79 Å². The number of carbonyl (C=O) groups excluding carboxylic acids is 1. The van der Waals surface area contributed by atoms with Crippen LogP contribution in [0.3, 0.4) is 0 Å². The van der Waals surface area contributed by atoms with Crippen LogP contribution in [-0.4, -0.2) is 23.5 Å². The summed E-state index contributed by atoms with van der Waals surface area (Å²) in [6.07, 6.45) is 2.91. The van der Waals surface area contributed by atoms with Gasteiger partial charge in [-0.05, 0) is 32.7 Å². The minimum absolute atomic E-state index is 0. The van der Waals surface area contributed by atoms with E-state index in [2.05, 4.69) is 22.5 Å². The number of aromatic nitrogens is 1. The number of hydrogen-bond donors (Lipinski definition) is 2. The SMILES string of the molecule is CCC(NC(=O)C1CCCN1)c1nc(C)cs1.Cl.Cl. The summed E-state index contributed by atoms with van der Waals surface area (Å²) in [5.41, 5.74) is 1.02. The van der Waals surface area contributed by atoms with Crippen molar-refractivity contribution in [3.05, 3.63) is 16.1 Å².